The molecule has 0 spiro atoms. The fourth-order valence-electron chi connectivity index (χ4n) is 1.17. The van der Waals surface area contributed by atoms with Crippen molar-refractivity contribution in [2.75, 3.05) is 0 Å². The van der Waals surface area contributed by atoms with Gasteiger partial charge in [0.05, 0.1) is 6.20 Å². The molecule has 0 aromatic carbocycles. The Morgan fingerprint density at radius 2 is 2.40 bits per heavy atom. The molecule has 0 saturated carbocycles. The Kier molecular flexibility index (Phi) is 2.34. The number of pyridine rings is 1. The summed E-state index contributed by atoms with van der Waals surface area (Å²) in [7, 11) is 0. The van der Waals surface area contributed by atoms with E-state index >= 15 is 0 Å². The first-order valence-corrected chi connectivity index (χ1v) is 4.61. The molecule has 6 heteroatoms. The summed E-state index contributed by atoms with van der Waals surface area (Å²) in [5.41, 5.74) is 6.78. The molecule has 0 fully saturated rings. The van der Waals surface area contributed by atoms with Crippen molar-refractivity contribution in [1.82, 2.24) is 9.78 Å². The lowest BCUT2D eigenvalue weighted by Gasteiger charge is -2.00. The van der Waals surface area contributed by atoms with E-state index in [4.69, 9.17) is 18.0 Å². The number of rotatable bonds is 2. The molecule has 2 N–H and O–H groups in total. The van der Waals surface area contributed by atoms with Crippen molar-refractivity contribution >= 4 is 17.2 Å². The van der Waals surface area contributed by atoms with Crippen LogP contribution in [0.4, 0.5) is 0 Å². The minimum Gasteiger partial charge on any atom is -0.619 e. The normalized spacial score (nSPS) is 10.1. The number of aromatic nitrogens is 3. The van der Waals surface area contributed by atoms with Crippen LogP contribution in [0.1, 0.15) is 5.56 Å². The lowest BCUT2D eigenvalue weighted by molar-refractivity contribution is -0.605. The highest BCUT2D eigenvalue weighted by Gasteiger charge is 2.04. The summed E-state index contributed by atoms with van der Waals surface area (Å²) in [5, 5.41) is 15.1. The maximum atomic E-state index is 11.0. The Balaban J connectivity index is 2.41. The minimum absolute atomic E-state index is 0.284. The highest BCUT2D eigenvalue weighted by molar-refractivity contribution is 7.80. The lowest BCUT2D eigenvalue weighted by atomic mass is 10.4. The van der Waals surface area contributed by atoms with Gasteiger partial charge in [-0.15, -0.1) is 0 Å². The van der Waals surface area contributed by atoms with Gasteiger partial charge < -0.3 is 10.9 Å². The van der Waals surface area contributed by atoms with Crippen molar-refractivity contribution in [3.05, 3.63) is 47.7 Å². The van der Waals surface area contributed by atoms with Crippen LogP contribution in [0.25, 0.3) is 5.69 Å². The van der Waals surface area contributed by atoms with Crippen molar-refractivity contribution < 1.29 is 4.73 Å². The molecule has 2 heterocycles. The van der Waals surface area contributed by atoms with Crippen LogP contribution < -0.4 is 10.5 Å². The third-order valence-corrected chi connectivity index (χ3v) is 2.13. The van der Waals surface area contributed by atoms with Crippen molar-refractivity contribution in [3.63, 3.8) is 0 Å². The van der Waals surface area contributed by atoms with E-state index in [0.29, 0.717) is 16.0 Å². The van der Waals surface area contributed by atoms with E-state index in [0.717, 1.165) is 0 Å². The van der Waals surface area contributed by atoms with Gasteiger partial charge in [0.15, 0.2) is 6.20 Å². The average molecular weight is 220 g/mol. The second-order valence-corrected chi connectivity index (χ2v) is 3.40. The molecule has 15 heavy (non-hydrogen) atoms. The van der Waals surface area contributed by atoms with Crippen LogP contribution in [0.3, 0.4) is 0 Å². The Bertz CT molecular complexity index is 508. The topological polar surface area (TPSA) is 70.8 Å². The van der Waals surface area contributed by atoms with Gasteiger partial charge in [-0.3, -0.25) is 0 Å². The smallest absolute Gasteiger partial charge is 0.206 e. The van der Waals surface area contributed by atoms with E-state index in [2.05, 4.69) is 5.10 Å². The van der Waals surface area contributed by atoms with Crippen LogP contribution in [-0.2, 0) is 0 Å². The van der Waals surface area contributed by atoms with Crippen LogP contribution in [-0.4, -0.2) is 14.8 Å². The zero-order valence-electron chi connectivity index (χ0n) is 7.70. The maximum Gasteiger partial charge on any atom is 0.206 e. The van der Waals surface area contributed by atoms with Crippen LogP contribution in [0, 0.1) is 5.21 Å². The average Bonchev–Trinajstić information content (AvgIpc) is 2.66. The van der Waals surface area contributed by atoms with Crippen molar-refractivity contribution in [2.45, 2.75) is 0 Å². The van der Waals surface area contributed by atoms with Gasteiger partial charge >= 0.3 is 0 Å². The molecule has 0 saturated heterocycles. The van der Waals surface area contributed by atoms with Crippen LogP contribution >= 0.6 is 12.2 Å². The van der Waals surface area contributed by atoms with E-state index in [9.17, 15) is 5.21 Å². The summed E-state index contributed by atoms with van der Waals surface area (Å²) in [4.78, 5) is 0.284. The Morgan fingerprint density at radius 3 is 3.00 bits per heavy atom. The molecule has 0 aliphatic heterocycles. The molecular formula is C9H8N4OS. The molecule has 0 radical (unpaired) electrons. The second kappa shape index (κ2) is 3.66. The van der Waals surface area contributed by atoms with E-state index in [1.165, 1.54) is 12.4 Å². The molecule has 2 aromatic rings. The minimum atomic E-state index is 0.284. The SMILES string of the molecule is NC(=S)c1cnn(-c2ccc[n+]([O-])c2)c1. The van der Waals surface area contributed by atoms with Gasteiger partial charge in [-0.2, -0.15) is 9.83 Å². The summed E-state index contributed by atoms with van der Waals surface area (Å²) in [5.74, 6) is 0. The fourth-order valence-corrected chi connectivity index (χ4v) is 1.28. The molecule has 2 rings (SSSR count). The van der Waals surface area contributed by atoms with E-state index in [1.807, 2.05) is 0 Å². The van der Waals surface area contributed by atoms with Crippen molar-refractivity contribution in [1.29, 1.82) is 0 Å². The Labute approximate surface area is 91.3 Å². The Morgan fingerprint density at radius 1 is 1.60 bits per heavy atom. The predicted octanol–water partition coefficient (Wildman–Crippen LogP) is 0.140. The third kappa shape index (κ3) is 1.94. The third-order valence-electron chi connectivity index (χ3n) is 1.89. The van der Waals surface area contributed by atoms with Gasteiger partial charge in [0, 0.05) is 17.8 Å². The zero-order chi connectivity index (χ0) is 10.8. The zero-order valence-corrected chi connectivity index (χ0v) is 8.52. The summed E-state index contributed by atoms with van der Waals surface area (Å²) >= 11 is 4.81. The van der Waals surface area contributed by atoms with Crippen LogP contribution in [0.2, 0.25) is 0 Å². The number of thiocarbonyl (C=S) groups is 1. The number of hydrogen-bond donors (Lipinski definition) is 1. The highest BCUT2D eigenvalue weighted by Crippen LogP contribution is 2.05. The number of nitrogens with zero attached hydrogens (tertiary/aromatic N) is 3. The maximum absolute atomic E-state index is 11.0. The molecule has 0 bridgehead atoms. The summed E-state index contributed by atoms with van der Waals surface area (Å²) in [6, 6.07) is 3.41. The molecule has 5 nitrogen and oxygen atoms in total. The van der Waals surface area contributed by atoms with E-state index < -0.39 is 0 Å². The molecule has 0 aliphatic rings. The number of nitrogens with two attached hydrogens (primary N) is 1. The van der Waals surface area contributed by atoms with Crippen LogP contribution in [0.5, 0.6) is 0 Å². The molecule has 0 aliphatic carbocycles. The van der Waals surface area contributed by atoms with Gasteiger partial charge in [-0.1, -0.05) is 12.2 Å². The second-order valence-electron chi connectivity index (χ2n) is 2.96. The van der Waals surface area contributed by atoms with Gasteiger partial charge in [0.25, 0.3) is 0 Å². The quantitative estimate of drug-likeness (QED) is 0.444. The van der Waals surface area contributed by atoms with Crippen molar-refractivity contribution in [3.8, 4) is 5.69 Å². The Hall–Kier alpha value is -1.95. The summed E-state index contributed by atoms with van der Waals surface area (Å²) in [6.45, 7) is 0. The number of hydrogen-bond acceptors (Lipinski definition) is 3. The van der Waals surface area contributed by atoms with Gasteiger partial charge in [0.1, 0.15) is 10.7 Å². The first kappa shape index (κ1) is 9.60. The largest absolute Gasteiger partial charge is 0.619 e. The van der Waals surface area contributed by atoms with Crippen molar-refractivity contribution in [2.24, 2.45) is 5.73 Å². The van der Waals surface area contributed by atoms with Gasteiger partial charge in [-0.25, -0.2) is 4.68 Å². The molecule has 0 amide bonds. The molecule has 0 atom stereocenters. The monoisotopic (exact) mass is 220 g/mol. The predicted molar refractivity (Wildman–Crippen MR) is 58.4 cm³/mol. The lowest BCUT2D eigenvalue weighted by Crippen LogP contribution is -2.25. The summed E-state index contributed by atoms with van der Waals surface area (Å²) in [6.07, 6.45) is 6.06. The summed E-state index contributed by atoms with van der Waals surface area (Å²) < 4.78 is 2.25. The van der Waals surface area contributed by atoms with Gasteiger partial charge in [0.2, 0.25) is 6.20 Å². The molecule has 76 valence electrons. The molecule has 2 aromatic heterocycles. The van der Waals surface area contributed by atoms with Gasteiger partial charge in [-0.05, 0) is 6.07 Å². The highest BCUT2D eigenvalue weighted by atomic mass is 32.1. The van der Waals surface area contributed by atoms with E-state index in [1.54, 1.807) is 29.2 Å². The fraction of sp³-hybridized carbons (Fsp3) is 0. The first-order valence-electron chi connectivity index (χ1n) is 4.20. The first-order chi connectivity index (χ1) is 7.16. The van der Waals surface area contributed by atoms with Crippen LogP contribution in [0.15, 0.2) is 36.9 Å². The molecular weight excluding hydrogens is 212 g/mol. The molecule has 0 unspecified atom stereocenters. The standard InChI is InChI=1S/C9H8N4OS/c10-9(15)7-4-11-13(5-7)8-2-1-3-12(14)6-8/h1-6H,(H2,10,15). The van der Waals surface area contributed by atoms with E-state index in [-0.39, 0.29) is 4.99 Å².